The molecule has 1 saturated carbocycles. The predicted molar refractivity (Wildman–Crippen MR) is 65.6 cm³/mol. The summed E-state index contributed by atoms with van der Waals surface area (Å²) in [5, 5.41) is 20.3. The van der Waals surface area contributed by atoms with Gasteiger partial charge in [0.05, 0.1) is 24.4 Å². The third-order valence-electron chi connectivity index (χ3n) is 3.17. The van der Waals surface area contributed by atoms with E-state index >= 15 is 0 Å². The van der Waals surface area contributed by atoms with Crippen molar-refractivity contribution in [2.75, 3.05) is 12.4 Å². The summed E-state index contributed by atoms with van der Waals surface area (Å²) in [6.07, 6.45) is 0.680. The van der Waals surface area contributed by atoms with Crippen LogP contribution in [-0.4, -0.2) is 24.1 Å². The van der Waals surface area contributed by atoms with Gasteiger partial charge in [0.15, 0.2) is 0 Å². The Bertz CT molecular complexity index is 585. The summed E-state index contributed by atoms with van der Waals surface area (Å²) in [6.45, 7) is 0. The molecule has 0 atom stereocenters. The Morgan fingerprint density at radius 3 is 2.63 bits per heavy atom. The summed E-state index contributed by atoms with van der Waals surface area (Å²) in [7, 11) is 1.41. The molecule has 98 valence electrons. The third kappa shape index (κ3) is 2.22. The lowest BCUT2D eigenvalue weighted by Crippen LogP contribution is -2.31. The molecule has 1 fully saturated rings. The Balaban J connectivity index is 2.23. The van der Waals surface area contributed by atoms with Crippen molar-refractivity contribution in [3.05, 3.63) is 23.8 Å². The molecule has 19 heavy (non-hydrogen) atoms. The van der Waals surface area contributed by atoms with Crippen LogP contribution >= 0.6 is 0 Å². The quantitative estimate of drug-likeness (QED) is 0.796. The van der Waals surface area contributed by atoms with Crippen LogP contribution in [-0.2, 0) is 9.59 Å². The van der Waals surface area contributed by atoms with Crippen molar-refractivity contribution in [3.63, 3.8) is 0 Å². The predicted octanol–water partition coefficient (Wildman–Crippen LogP) is 1.37. The summed E-state index contributed by atoms with van der Waals surface area (Å²) in [4.78, 5) is 23.0. The van der Waals surface area contributed by atoms with Gasteiger partial charge in [-0.25, -0.2) is 0 Å². The van der Waals surface area contributed by atoms with Gasteiger partial charge in [-0.15, -0.1) is 0 Å². The third-order valence-corrected chi connectivity index (χ3v) is 3.17. The fraction of sp³-hybridized carbons (Fsp3) is 0.308. The number of benzene rings is 1. The molecular weight excluding hydrogens is 248 g/mol. The summed E-state index contributed by atoms with van der Waals surface area (Å²) >= 11 is 0. The molecule has 1 aliphatic rings. The number of hydrogen-bond donors (Lipinski definition) is 2. The lowest BCUT2D eigenvalue weighted by molar-refractivity contribution is -0.147. The Morgan fingerprint density at radius 1 is 1.47 bits per heavy atom. The number of carbonyl (C=O) groups is 2. The smallest absolute Gasteiger partial charge is 0.319 e. The molecule has 1 amide bonds. The minimum atomic E-state index is -1.31. The van der Waals surface area contributed by atoms with Crippen LogP contribution in [0.2, 0.25) is 0 Å². The Hall–Kier alpha value is -2.55. The highest BCUT2D eigenvalue weighted by atomic mass is 16.5. The molecule has 0 aromatic heterocycles. The summed E-state index contributed by atoms with van der Waals surface area (Å²) in [6, 6.07) is 6.49. The van der Waals surface area contributed by atoms with E-state index in [2.05, 4.69) is 5.32 Å². The average molecular weight is 260 g/mol. The van der Waals surface area contributed by atoms with Gasteiger partial charge in [0.2, 0.25) is 5.91 Å². The van der Waals surface area contributed by atoms with Crippen LogP contribution < -0.4 is 10.1 Å². The van der Waals surface area contributed by atoms with Gasteiger partial charge in [0.1, 0.15) is 11.2 Å². The monoisotopic (exact) mass is 260 g/mol. The molecule has 0 heterocycles. The maximum absolute atomic E-state index is 11.9. The van der Waals surface area contributed by atoms with E-state index in [9.17, 15) is 9.59 Å². The van der Waals surface area contributed by atoms with Crippen LogP contribution in [0.4, 0.5) is 5.69 Å². The number of nitriles is 1. The topological polar surface area (TPSA) is 99.4 Å². The van der Waals surface area contributed by atoms with Crippen LogP contribution in [0.5, 0.6) is 5.75 Å². The standard InChI is InChI=1S/C13H12N2O4/c1-19-10-6-8(7-14)2-3-9(10)15-11(16)13(4-5-13)12(17)18/h2-3,6H,4-5H2,1H3,(H,15,16)(H,17,18). The highest BCUT2D eigenvalue weighted by molar-refractivity contribution is 6.11. The molecule has 1 aliphatic carbocycles. The van der Waals surface area contributed by atoms with E-state index in [0.29, 0.717) is 29.8 Å². The average Bonchev–Trinajstić information content (AvgIpc) is 3.20. The number of rotatable bonds is 4. The summed E-state index contributed by atoms with van der Waals surface area (Å²) in [5.41, 5.74) is -0.549. The van der Waals surface area contributed by atoms with Gasteiger partial charge in [-0.2, -0.15) is 5.26 Å². The number of aliphatic carboxylic acids is 1. The zero-order chi connectivity index (χ0) is 14.0. The van der Waals surface area contributed by atoms with Crippen molar-refractivity contribution < 1.29 is 19.4 Å². The second-order valence-electron chi connectivity index (χ2n) is 4.37. The van der Waals surface area contributed by atoms with E-state index in [0.717, 1.165) is 0 Å². The number of methoxy groups -OCH3 is 1. The summed E-state index contributed by atoms with van der Waals surface area (Å²) in [5.74, 6) is -1.34. The fourth-order valence-corrected chi connectivity index (χ4v) is 1.77. The molecule has 0 aliphatic heterocycles. The van der Waals surface area contributed by atoms with Gasteiger partial charge in [-0.1, -0.05) is 0 Å². The SMILES string of the molecule is COc1cc(C#N)ccc1NC(=O)C1(C(=O)O)CC1. The maximum atomic E-state index is 11.9. The zero-order valence-electron chi connectivity index (χ0n) is 10.3. The van der Waals surface area contributed by atoms with Crippen molar-refractivity contribution in [2.45, 2.75) is 12.8 Å². The first-order chi connectivity index (χ1) is 9.03. The summed E-state index contributed by atoms with van der Waals surface area (Å²) < 4.78 is 5.07. The van der Waals surface area contributed by atoms with E-state index in [1.54, 1.807) is 0 Å². The van der Waals surface area contributed by atoms with Crippen molar-refractivity contribution in [1.82, 2.24) is 0 Å². The fourth-order valence-electron chi connectivity index (χ4n) is 1.77. The van der Waals surface area contributed by atoms with E-state index < -0.39 is 17.3 Å². The van der Waals surface area contributed by atoms with Crippen molar-refractivity contribution in [3.8, 4) is 11.8 Å². The zero-order valence-corrected chi connectivity index (χ0v) is 10.3. The molecule has 0 spiro atoms. The molecule has 6 nitrogen and oxygen atoms in total. The number of nitrogens with zero attached hydrogens (tertiary/aromatic N) is 1. The van der Waals surface area contributed by atoms with Gasteiger partial charge >= 0.3 is 5.97 Å². The number of anilines is 1. The number of carboxylic acids is 1. The van der Waals surface area contributed by atoms with Gasteiger partial charge in [-0.3, -0.25) is 9.59 Å². The van der Waals surface area contributed by atoms with E-state index in [1.807, 2.05) is 6.07 Å². The van der Waals surface area contributed by atoms with E-state index in [4.69, 9.17) is 15.1 Å². The number of carboxylic acid groups (broad SMARTS) is 1. The molecule has 2 N–H and O–H groups in total. The largest absolute Gasteiger partial charge is 0.495 e. The minimum absolute atomic E-state index is 0.327. The second kappa shape index (κ2) is 4.61. The van der Waals surface area contributed by atoms with Gasteiger partial charge < -0.3 is 15.2 Å². The van der Waals surface area contributed by atoms with Crippen LogP contribution in [0, 0.1) is 16.7 Å². The molecule has 0 unspecified atom stereocenters. The Morgan fingerprint density at radius 2 is 2.16 bits per heavy atom. The molecule has 1 aromatic carbocycles. The number of carbonyl (C=O) groups excluding carboxylic acids is 1. The second-order valence-corrected chi connectivity index (χ2v) is 4.37. The first kappa shape index (κ1) is 12.9. The molecule has 6 heteroatoms. The molecule has 0 saturated heterocycles. The van der Waals surface area contributed by atoms with Crippen molar-refractivity contribution >= 4 is 17.6 Å². The van der Waals surface area contributed by atoms with Gasteiger partial charge in [-0.05, 0) is 25.0 Å². The molecule has 2 rings (SSSR count). The van der Waals surface area contributed by atoms with Crippen LogP contribution in [0.25, 0.3) is 0 Å². The molecule has 1 aromatic rings. The number of ether oxygens (including phenoxy) is 1. The minimum Gasteiger partial charge on any atom is -0.495 e. The lowest BCUT2D eigenvalue weighted by atomic mass is 10.1. The Labute approximate surface area is 109 Å². The van der Waals surface area contributed by atoms with Crippen LogP contribution in [0.15, 0.2) is 18.2 Å². The van der Waals surface area contributed by atoms with Crippen molar-refractivity contribution in [1.29, 1.82) is 5.26 Å². The van der Waals surface area contributed by atoms with E-state index in [-0.39, 0.29) is 0 Å². The van der Waals surface area contributed by atoms with Crippen molar-refractivity contribution in [2.24, 2.45) is 5.41 Å². The molecular formula is C13H12N2O4. The lowest BCUT2D eigenvalue weighted by Gasteiger charge is -2.13. The van der Waals surface area contributed by atoms with E-state index in [1.165, 1.54) is 25.3 Å². The maximum Gasteiger partial charge on any atom is 0.319 e. The highest BCUT2D eigenvalue weighted by Gasteiger charge is 2.57. The van der Waals surface area contributed by atoms with Gasteiger partial charge in [0, 0.05) is 6.07 Å². The first-order valence-electron chi connectivity index (χ1n) is 5.66. The molecule has 0 bridgehead atoms. The normalized spacial score (nSPS) is 15.2. The number of amides is 1. The number of hydrogen-bond acceptors (Lipinski definition) is 4. The number of nitrogens with one attached hydrogen (secondary N) is 1. The van der Waals surface area contributed by atoms with Gasteiger partial charge in [0.25, 0.3) is 0 Å². The first-order valence-corrected chi connectivity index (χ1v) is 5.66. The highest BCUT2D eigenvalue weighted by Crippen LogP contribution is 2.47. The Kier molecular flexibility index (Phi) is 3.13. The molecule has 0 radical (unpaired) electrons. The van der Waals surface area contributed by atoms with Crippen LogP contribution in [0.1, 0.15) is 18.4 Å². The van der Waals surface area contributed by atoms with Crippen LogP contribution in [0.3, 0.4) is 0 Å².